The number of carbonyl (C=O) groups is 1. The minimum atomic E-state index is -0.968. The molecule has 0 saturated carbocycles. The number of hydrogen-bond acceptors (Lipinski definition) is 1. The van der Waals surface area contributed by atoms with Crippen molar-refractivity contribution in [1.82, 2.24) is 0 Å². The Morgan fingerprint density at radius 2 is 1.87 bits per heavy atom. The molecule has 15 heavy (non-hydrogen) atoms. The first kappa shape index (κ1) is 12.1. The van der Waals surface area contributed by atoms with Gasteiger partial charge in [0.05, 0.1) is 0 Å². The molecule has 1 atom stereocenters. The number of halogens is 1. The van der Waals surface area contributed by atoms with Crippen LogP contribution in [0.1, 0.15) is 30.9 Å². The van der Waals surface area contributed by atoms with Crippen molar-refractivity contribution in [3.05, 3.63) is 35.4 Å². The fraction of sp³-hybridized carbons (Fsp3) is 0.417. The number of benzene rings is 1. The summed E-state index contributed by atoms with van der Waals surface area (Å²) < 4.78 is 0. The van der Waals surface area contributed by atoms with Crippen molar-refractivity contribution in [3.63, 3.8) is 0 Å². The van der Waals surface area contributed by atoms with Gasteiger partial charge in [0.25, 0.3) is 0 Å². The van der Waals surface area contributed by atoms with Gasteiger partial charge in [-0.3, -0.25) is 4.79 Å². The molecule has 0 fully saturated rings. The Morgan fingerprint density at radius 3 is 2.27 bits per heavy atom. The van der Waals surface area contributed by atoms with Crippen LogP contribution in [0.15, 0.2) is 24.3 Å². The summed E-state index contributed by atoms with van der Waals surface area (Å²) in [6.07, 6.45) is 0.370. The van der Waals surface area contributed by atoms with Crippen molar-refractivity contribution in [1.29, 1.82) is 0 Å². The highest BCUT2D eigenvalue weighted by molar-refractivity contribution is 6.29. The van der Waals surface area contributed by atoms with Gasteiger partial charge in [-0.05, 0) is 23.5 Å². The maximum Gasteiger partial charge on any atom is 0.321 e. The molecule has 1 N–H and O–H groups in total. The van der Waals surface area contributed by atoms with Gasteiger partial charge in [-0.2, -0.15) is 0 Å². The van der Waals surface area contributed by atoms with Gasteiger partial charge in [0.2, 0.25) is 0 Å². The first-order valence-corrected chi connectivity index (χ1v) is 5.40. The Morgan fingerprint density at radius 1 is 1.33 bits per heavy atom. The monoisotopic (exact) mass is 226 g/mol. The molecule has 0 aromatic heterocycles. The van der Waals surface area contributed by atoms with Crippen molar-refractivity contribution < 1.29 is 9.90 Å². The molecule has 0 heterocycles. The summed E-state index contributed by atoms with van der Waals surface area (Å²) in [6.45, 7) is 4.24. The lowest BCUT2D eigenvalue weighted by Gasteiger charge is -2.08. The zero-order chi connectivity index (χ0) is 11.4. The first-order valence-electron chi connectivity index (χ1n) is 4.96. The number of alkyl halides is 1. The minimum absolute atomic E-state index is 0.370. The summed E-state index contributed by atoms with van der Waals surface area (Å²) in [7, 11) is 0. The predicted octanol–water partition coefficient (Wildman–Crippen LogP) is 3.04. The third-order valence-electron chi connectivity index (χ3n) is 2.33. The standard InChI is InChI=1S/C12H15ClO2/c1-8(2)10-5-3-9(4-6-10)7-11(13)12(14)15/h3-6,8,11H,7H2,1-2H3,(H,14,15). The molecule has 0 spiro atoms. The van der Waals surface area contributed by atoms with Crippen molar-refractivity contribution >= 4 is 17.6 Å². The van der Waals surface area contributed by atoms with Crippen LogP contribution >= 0.6 is 11.6 Å². The van der Waals surface area contributed by atoms with Gasteiger partial charge in [-0.25, -0.2) is 0 Å². The van der Waals surface area contributed by atoms with E-state index in [-0.39, 0.29) is 0 Å². The van der Waals surface area contributed by atoms with Crippen LogP contribution in [-0.4, -0.2) is 16.5 Å². The molecular formula is C12H15ClO2. The fourth-order valence-electron chi connectivity index (χ4n) is 1.33. The van der Waals surface area contributed by atoms with E-state index < -0.39 is 11.3 Å². The molecule has 82 valence electrons. The summed E-state index contributed by atoms with van der Waals surface area (Å²) in [6, 6.07) is 7.91. The summed E-state index contributed by atoms with van der Waals surface area (Å²) in [5.74, 6) is -0.477. The van der Waals surface area contributed by atoms with Crippen molar-refractivity contribution in [2.45, 2.75) is 31.6 Å². The SMILES string of the molecule is CC(C)c1ccc(CC(Cl)C(=O)O)cc1. The fourth-order valence-corrected chi connectivity index (χ4v) is 1.51. The number of rotatable bonds is 4. The Kier molecular flexibility index (Phi) is 4.15. The summed E-state index contributed by atoms with van der Waals surface area (Å²) in [4.78, 5) is 10.5. The molecule has 0 amide bonds. The van der Waals surface area contributed by atoms with Gasteiger partial charge in [-0.1, -0.05) is 38.1 Å². The zero-order valence-electron chi connectivity index (χ0n) is 8.90. The summed E-state index contributed by atoms with van der Waals surface area (Å²) >= 11 is 5.65. The lowest BCUT2D eigenvalue weighted by Crippen LogP contribution is -2.15. The third kappa shape index (κ3) is 3.56. The molecule has 0 aliphatic heterocycles. The van der Waals surface area contributed by atoms with Crippen LogP contribution < -0.4 is 0 Å². The van der Waals surface area contributed by atoms with Gasteiger partial charge >= 0.3 is 5.97 Å². The molecule has 0 radical (unpaired) electrons. The highest BCUT2D eigenvalue weighted by Crippen LogP contribution is 2.16. The molecule has 2 nitrogen and oxygen atoms in total. The Hall–Kier alpha value is -1.02. The predicted molar refractivity (Wildman–Crippen MR) is 61.5 cm³/mol. The van der Waals surface area contributed by atoms with Gasteiger partial charge in [0, 0.05) is 0 Å². The van der Waals surface area contributed by atoms with E-state index in [1.165, 1.54) is 5.56 Å². The van der Waals surface area contributed by atoms with E-state index in [9.17, 15) is 4.79 Å². The van der Waals surface area contributed by atoms with E-state index >= 15 is 0 Å². The molecule has 1 unspecified atom stereocenters. The van der Waals surface area contributed by atoms with Crippen LogP contribution in [-0.2, 0) is 11.2 Å². The minimum Gasteiger partial charge on any atom is -0.480 e. The van der Waals surface area contributed by atoms with Crippen LogP contribution in [0.25, 0.3) is 0 Å². The Bertz CT molecular complexity index is 330. The number of hydrogen-bond donors (Lipinski definition) is 1. The average molecular weight is 227 g/mol. The lowest BCUT2D eigenvalue weighted by atomic mass is 10.0. The van der Waals surface area contributed by atoms with Gasteiger partial charge < -0.3 is 5.11 Å². The largest absolute Gasteiger partial charge is 0.480 e. The third-order valence-corrected chi connectivity index (χ3v) is 2.67. The van der Waals surface area contributed by atoms with Crippen molar-refractivity contribution in [2.75, 3.05) is 0 Å². The highest BCUT2D eigenvalue weighted by Gasteiger charge is 2.13. The van der Waals surface area contributed by atoms with Crippen LogP contribution in [0.2, 0.25) is 0 Å². The zero-order valence-corrected chi connectivity index (χ0v) is 9.66. The Labute approximate surface area is 94.9 Å². The molecular weight excluding hydrogens is 212 g/mol. The normalized spacial score (nSPS) is 12.8. The second kappa shape index (κ2) is 5.17. The van der Waals surface area contributed by atoms with Crippen molar-refractivity contribution in [2.24, 2.45) is 0 Å². The highest BCUT2D eigenvalue weighted by atomic mass is 35.5. The molecule has 0 aliphatic carbocycles. The van der Waals surface area contributed by atoms with E-state index in [0.29, 0.717) is 12.3 Å². The van der Waals surface area contributed by atoms with Crippen LogP contribution in [0.4, 0.5) is 0 Å². The molecule has 1 aromatic rings. The van der Waals surface area contributed by atoms with Crippen LogP contribution in [0.3, 0.4) is 0 Å². The quantitative estimate of drug-likeness (QED) is 0.802. The molecule has 1 rings (SSSR count). The number of carboxylic acid groups (broad SMARTS) is 1. The molecule has 3 heteroatoms. The Balaban J connectivity index is 2.68. The summed E-state index contributed by atoms with van der Waals surface area (Å²) in [5, 5.41) is 7.82. The number of aliphatic carboxylic acids is 1. The topological polar surface area (TPSA) is 37.3 Å². The van der Waals surface area contributed by atoms with Crippen LogP contribution in [0.5, 0.6) is 0 Å². The van der Waals surface area contributed by atoms with E-state index in [1.807, 2.05) is 24.3 Å². The van der Waals surface area contributed by atoms with Crippen molar-refractivity contribution in [3.8, 4) is 0 Å². The maximum atomic E-state index is 10.5. The van der Waals surface area contributed by atoms with Gasteiger partial charge in [-0.15, -0.1) is 11.6 Å². The molecule has 1 aromatic carbocycles. The van der Waals surface area contributed by atoms with E-state index in [4.69, 9.17) is 16.7 Å². The average Bonchev–Trinajstić information content (AvgIpc) is 2.18. The number of carboxylic acids is 1. The second-order valence-electron chi connectivity index (χ2n) is 3.91. The first-order chi connectivity index (χ1) is 7.00. The van der Waals surface area contributed by atoms with Crippen LogP contribution in [0, 0.1) is 0 Å². The van der Waals surface area contributed by atoms with Gasteiger partial charge in [0.1, 0.15) is 5.38 Å². The lowest BCUT2D eigenvalue weighted by molar-refractivity contribution is -0.136. The maximum absolute atomic E-state index is 10.5. The van der Waals surface area contributed by atoms with E-state index in [2.05, 4.69) is 13.8 Å². The van der Waals surface area contributed by atoms with Gasteiger partial charge in [0.15, 0.2) is 0 Å². The molecule has 0 bridgehead atoms. The second-order valence-corrected chi connectivity index (χ2v) is 4.43. The molecule has 0 saturated heterocycles. The van der Waals surface area contributed by atoms with E-state index in [1.54, 1.807) is 0 Å². The smallest absolute Gasteiger partial charge is 0.321 e. The molecule has 0 aliphatic rings. The van der Waals surface area contributed by atoms with E-state index in [0.717, 1.165) is 5.56 Å². The summed E-state index contributed by atoms with van der Waals surface area (Å²) in [5.41, 5.74) is 2.21.